The Morgan fingerprint density at radius 1 is 1.10 bits per heavy atom. The predicted molar refractivity (Wildman–Crippen MR) is 94.6 cm³/mol. The van der Waals surface area contributed by atoms with Crippen LogP contribution in [0.15, 0.2) is 39.4 Å². The van der Waals surface area contributed by atoms with Crippen molar-refractivity contribution in [2.45, 2.75) is 39.2 Å². The fourth-order valence-electron chi connectivity index (χ4n) is 1.91. The molecule has 21 heavy (non-hydrogen) atoms. The van der Waals surface area contributed by atoms with Gasteiger partial charge in [-0.05, 0) is 40.5 Å². The lowest BCUT2D eigenvalue weighted by Crippen LogP contribution is -2.18. The van der Waals surface area contributed by atoms with Crippen LogP contribution in [0, 0.1) is 0 Å². The van der Waals surface area contributed by atoms with Gasteiger partial charge in [-0.2, -0.15) is 0 Å². The van der Waals surface area contributed by atoms with Crippen molar-refractivity contribution in [3.05, 3.63) is 50.8 Å². The molecule has 0 saturated heterocycles. The maximum Gasteiger partial charge on any atom is 0.137 e. The summed E-state index contributed by atoms with van der Waals surface area (Å²) in [7, 11) is 0. The fraction of sp³-hybridized carbons (Fsp3) is 0.375. The summed E-state index contributed by atoms with van der Waals surface area (Å²) in [6.45, 7) is 8.44. The predicted octanol–water partition coefficient (Wildman–Crippen LogP) is 5.47. The smallest absolute Gasteiger partial charge is 0.137 e. The summed E-state index contributed by atoms with van der Waals surface area (Å²) in [5.74, 6) is 1.65. The van der Waals surface area contributed by atoms with Gasteiger partial charge in [0.05, 0.1) is 0 Å². The van der Waals surface area contributed by atoms with E-state index in [0.717, 1.165) is 20.7 Å². The molecule has 3 nitrogen and oxygen atoms in total. The molecule has 0 aliphatic rings. The van der Waals surface area contributed by atoms with Crippen LogP contribution in [-0.2, 0) is 5.41 Å². The highest BCUT2D eigenvalue weighted by atomic mass is 79.9. The number of nitrogens with zero attached hydrogens (tertiary/aromatic N) is 2. The first-order valence-electron chi connectivity index (χ1n) is 6.83. The second-order valence-corrected chi connectivity index (χ2v) is 7.80. The van der Waals surface area contributed by atoms with Crippen molar-refractivity contribution in [3.8, 4) is 0 Å². The number of nitrogens with one attached hydrogen (secondary N) is 1. The van der Waals surface area contributed by atoms with Crippen LogP contribution < -0.4 is 5.32 Å². The van der Waals surface area contributed by atoms with Gasteiger partial charge in [-0.3, -0.25) is 0 Å². The molecule has 0 aliphatic carbocycles. The van der Waals surface area contributed by atoms with Crippen molar-refractivity contribution in [2.75, 3.05) is 5.32 Å². The van der Waals surface area contributed by atoms with E-state index in [0.29, 0.717) is 0 Å². The normalized spacial score (nSPS) is 13.0. The van der Waals surface area contributed by atoms with E-state index in [4.69, 9.17) is 0 Å². The molecule has 1 aromatic heterocycles. The summed E-state index contributed by atoms with van der Waals surface area (Å²) in [6, 6.07) is 10.3. The van der Waals surface area contributed by atoms with Gasteiger partial charge in [0.2, 0.25) is 0 Å². The van der Waals surface area contributed by atoms with Crippen LogP contribution in [0.1, 0.15) is 45.1 Å². The average Bonchev–Trinajstić information content (AvgIpc) is 2.37. The summed E-state index contributed by atoms with van der Waals surface area (Å²) in [4.78, 5) is 9.09. The Morgan fingerprint density at radius 3 is 2.43 bits per heavy atom. The lowest BCUT2D eigenvalue weighted by Gasteiger charge is -2.20. The highest BCUT2D eigenvalue weighted by Crippen LogP contribution is 2.25. The van der Waals surface area contributed by atoms with Crippen LogP contribution in [0.25, 0.3) is 0 Å². The Kier molecular flexibility index (Phi) is 5.04. The van der Waals surface area contributed by atoms with E-state index in [-0.39, 0.29) is 11.5 Å². The number of rotatable bonds is 3. The molecule has 0 bridgehead atoms. The molecule has 1 N–H and O–H groups in total. The van der Waals surface area contributed by atoms with Crippen molar-refractivity contribution in [1.82, 2.24) is 9.97 Å². The molecule has 1 aromatic carbocycles. The molecule has 1 heterocycles. The van der Waals surface area contributed by atoms with E-state index in [1.165, 1.54) is 5.56 Å². The van der Waals surface area contributed by atoms with E-state index in [1.54, 1.807) is 0 Å². The Labute approximate surface area is 142 Å². The van der Waals surface area contributed by atoms with Crippen molar-refractivity contribution >= 4 is 37.7 Å². The van der Waals surface area contributed by atoms with Crippen molar-refractivity contribution < 1.29 is 0 Å². The summed E-state index contributed by atoms with van der Waals surface area (Å²) in [5.41, 5.74) is 1.12. The van der Waals surface area contributed by atoms with Crippen LogP contribution in [0.5, 0.6) is 0 Å². The molecule has 5 heteroatoms. The third-order valence-electron chi connectivity index (χ3n) is 3.08. The Hall–Kier alpha value is -0.940. The molecular formula is C16H19Br2N3. The topological polar surface area (TPSA) is 37.8 Å². The largest absolute Gasteiger partial charge is 0.363 e. The highest BCUT2D eigenvalue weighted by Gasteiger charge is 2.19. The Morgan fingerprint density at radius 2 is 1.81 bits per heavy atom. The molecule has 0 aliphatic heterocycles. The highest BCUT2D eigenvalue weighted by molar-refractivity contribution is 9.10. The summed E-state index contributed by atoms with van der Waals surface area (Å²) in [5, 5.41) is 3.44. The van der Waals surface area contributed by atoms with Gasteiger partial charge in [0, 0.05) is 22.0 Å². The van der Waals surface area contributed by atoms with Gasteiger partial charge in [0.25, 0.3) is 0 Å². The van der Waals surface area contributed by atoms with Crippen LogP contribution in [-0.4, -0.2) is 9.97 Å². The van der Waals surface area contributed by atoms with Gasteiger partial charge in [-0.15, -0.1) is 0 Å². The van der Waals surface area contributed by atoms with Gasteiger partial charge >= 0.3 is 0 Å². The van der Waals surface area contributed by atoms with Crippen molar-refractivity contribution in [2.24, 2.45) is 0 Å². The SMILES string of the molecule is CC(Nc1cc(Br)nc(C(C)(C)C)n1)c1cccc(Br)c1. The zero-order valence-electron chi connectivity index (χ0n) is 12.6. The van der Waals surface area contributed by atoms with Crippen molar-refractivity contribution in [3.63, 3.8) is 0 Å². The Bertz CT molecular complexity index is 636. The number of hydrogen-bond acceptors (Lipinski definition) is 3. The lowest BCUT2D eigenvalue weighted by atomic mass is 9.96. The molecule has 0 saturated carbocycles. The van der Waals surface area contributed by atoms with Crippen molar-refractivity contribution in [1.29, 1.82) is 0 Å². The number of benzene rings is 1. The first kappa shape index (κ1) is 16.4. The molecular weight excluding hydrogens is 394 g/mol. The monoisotopic (exact) mass is 411 g/mol. The average molecular weight is 413 g/mol. The van der Waals surface area contributed by atoms with E-state index in [9.17, 15) is 0 Å². The molecule has 1 unspecified atom stereocenters. The quantitative estimate of drug-likeness (QED) is 0.679. The van der Waals surface area contributed by atoms with Gasteiger partial charge < -0.3 is 5.32 Å². The molecule has 0 fully saturated rings. The molecule has 1 atom stereocenters. The van der Waals surface area contributed by atoms with Gasteiger partial charge in [0.15, 0.2) is 0 Å². The molecule has 112 valence electrons. The van der Waals surface area contributed by atoms with Crippen LogP contribution in [0.4, 0.5) is 5.82 Å². The maximum atomic E-state index is 4.63. The van der Waals surface area contributed by atoms with Gasteiger partial charge in [-0.25, -0.2) is 9.97 Å². The third kappa shape index (κ3) is 4.51. The Balaban J connectivity index is 2.25. The number of halogens is 2. The minimum atomic E-state index is -0.0841. The summed E-state index contributed by atoms with van der Waals surface area (Å²) >= 11 is 6.97. The third-order valence-corrected chi connectivity index (χ3v) is 3.98. The lowest BCUT2D eigenvalue weighted by molar-refractivity contribution is 0.544. The molecule has 2 aromatic rings. The first-order valence-corrected chi connectivity index (χ1v) is 8.41. The summed E-state index contributed by atoms with van der Waals surface area (Å²) < 4.78 is 1.87. The zero-order valence-corrected chi connectivity index (χ0v) is 15.8. The van der Waals surface area contributed by atoms with Crippen LogP contribution >= 0.6 is 31.9 Å². The minimum Gasteiger partial charge on any atom is -0.363 e. The molecule has 0 spiro atoms. The number of hydrogen-bond donors (Lipinski definition) is 1. The number of aromatic nitrogens is 2. The summed E-state index contributed by atoms with van der Waals surface area (Å²) in [6.07, 6.45) is 0. The van der Waals surface area contributed by atoms with Gasteiger partial charge in [0.1, 0.15) is 16.2 Å². The van der Waals surface area contributed by atoms with E-state index in [1.807, 2.05) is 18.2 Å². The second kappa shape index (κ2) is 6.44. The van der Waals surface area contributed by atoms with E-state index < -0.39 is 0 Å². The standard InChI is InChI=1S/C16H19Br2N3/c1-10(11-6-5-7-12(17)8-11)19-14-9-13(18)20-15(21-14)16(2,3)4/h5-10H,1-4H3,(H,19,20,21). The first-order chi connectivity index (χ1) is 9.75. The minimum absolute atomic E-state index is 0.0841. The maximum absolute atomic E-state index is 4.63. The van der Waals surface area contributed by atoms with Gasteiger partial charge in [-0.1, -0.05) is 48.8 Å². The van der Waals surface area contributed by atoms with Crippen LogP contribution in [0.2, 0.25) is 0 Å². The zero-order chi connectivity index (χ0) is 15.6. The van der Waals surface area contributed by atoms with Crippen LogP contribution in [0.3, 0.4) is 0 Å². The molecule has 0 amide bonds. The number of anilines is 1. The molecule has 2 rings (SSSR count). The fourth-order valence-corrected chi connectivity index (χ4v) is 2.71. The second-order valence-electron chi connectivity index (χ2n) is 6.07. The van der Waals surface area contributed by atoms with E-state index >= 15 is 0 Å². The molecule has 0 radical (unpaired) electrons. The van der Waals surface area contributed by atoms with E-state index in [2.05, 4.69) is 87.0 Å².